The van der Waals surface area contributed by atoms with Crippen LogP contribution < -0.4 is 24.3 Å². The van der Waals surface area contributed by atoms with Crippen LogP contribution in [0.15, 0.2) is 54.6 Å². The first-order valence-electron chi connectivity index (χ1n) is 9.52. The van der Waals surface area contributed by atoms with E-state index in [0.717, 1.165) is 19.2 Å². The molecule has 4 heteroatoms. The molecule has 0 aromatic heterocycles. The molecular formula is C22H30BLiO2. The van der Waals surface area contributed by atoms with Crippen LogP contribution >= 0.6 is 0 Å². The molecule has 0 spiro atoms. The Labute approximate surface area is 170 Å². The summed E-state index contributed by atoms with van der Waals surface area (Å²) >= 11 is 0. The number of hydrogen-bond donors (Lipinski definition) is 0. The zero-order valence-corrected chi connectivity index (χ0v) is 17.2. The number of unbranched alkanes of at least 4 members (excludes halogenated alkanes) is 1. The van der Waals surface area contributed by atoms with Gasteiger partial charge in [0.1, 0.15) is 0 Å². The van der Waals surface area contributed by atoms with Crippen molar-refractivity contribution in [2.45, 2.75) is 65.0 Å². The average Bonchev–Trinajstić information content (AvgIpc) is 2.79. The van der Waals surface area contributed by atoms with Gasteiger partial charge in [-0.05, 0) is 38.8 Å². The van der Waals surface area contributed by atoms with Crippen LogP contribution in [0.4, 0.5) is 0 Å². The number of hydrogen-bond acceptors (Lipinski definition) is 2. The van der Waals surface area contributed by atoms with Gasteiger partial charge in [0, 0.05) is 11.2 Å². The predicted octanol–water partition coefficient (Wildman–Crippen LogP) is 2.41. The molecule has 1 aliphatic rings. The third kappa shape index (κ3) is 3.97. The van der Waals surface area contributed by atoms with Crippen molar-refractivity contribution < 1.29 is 28.2 Å². The fraction of sp³-hybridized carbons (Fsp3) is 0.455. The van der Waals surface area contributed by atoms with Gasteiger partial charge in [-0.1, -0.05) is 74.4 Å². The molecule has 0 atom stereocenters. The van der Waals surface area contributed by atoms with E-state index in [1.807, 2.05) is 6.07 Å². The van der Waals surface area contributed by atoms with E-state index in [2.05, 4.69) is 83.1 Å². The summed E-state index contributed by atoms with van der Waals surface area (Å²) in [5.74, 6) is 0. The van der Waals surface area contributed by atoms with E-state index < -0.39 is 6.55 Å². The monoisotopic (exact) mass is 344 g/mol. The van der Waals surface area contributed by atoms with Gasteiger partial charge >= 0.3 is 18.9 Å². The summed E-state index contributed by atoms with van der Waals surface area (Å²) in [5.41, 5.74) is 3.02. The zero-order valence-electron chi connectivity index (χ0n) is 17.2. The largest absolute Gasteiger partial charge is 1.00 e. The third-order valence-corrected chi connectivity index (χ3v) is 5.88. The number of benzene rings is 2. The Balaban J connectivity index is 0.00000243. The van der Waals surface area contributed by atoms with E-state index in [1.165, 1.54) is 16.6 Å². The maximum Gasteiger partial charge on any atom is 1.00 e. The van der Waals surface area contributed by atoms with Gasteiger partial charge in [-0.2, -0.15) is 5.46 Å². The van der Waals surface area contributed by atoms with E-state index >= 15 is 0 Å². The Morgan fingerprint density at radius 1 is 0.769 bits per heavy atom. The van der Waals surface area contributed by atoms with Gasteiger partial charge in [0.05, 0.1) is 0 Å². The van der Waals surface area contributed by atoms with E-state index in [1.54, 1.807) is 0 Å². The van der Waals surface area contributed by atoms with Crippen LogP contribution in [0.5, 0.6) is 0 Å². The van der Waals surface area contributed by atoms with Crippen LogP contribution in [0.2, 0.25) is 6.32 Å². The van der Waals surface area contributed by atoms with Gasteiger partial charge in [0.15, 0.2) is 0 Å². The van der Waals surface area contributed by atoms with Crippen molar-refractivity contribution in [3.8, 4) is 11.1 Å². The smallest absolute Gasteiger partial charge is 0.558 e. The second-order valence-corrected chi connectivity index (χ2v) is 8.26. The Morgan fingerprint density at radius 3 is 1.77 bits per heavy atom. The van der Waals surface area contributed by atoms with Crippen molar-refractivity contribution >= 4 is 12.0 Å². The second-order valence-electron chi connectivity index (χ2n) is 8.26. The molecule has 0 saturated carbocycles. The van der Waals surface area contributed by atoms with Crippen LogP contribution in [-0.4, -0.2) is 17.8 Å². The fourth-order valence-electron chi connectivity index (χ4n) is 3.75. The predicted molar refractivity (Wildman–Crippen MR) is 107 cm³/mol. The van der Waals surface area contributed by atoms with Crippen LogP contribution in [0.1, 0.15) is 47.5 Å². The molecule has 2 aromatic carbocycles. The van der Waals surface area contributed by atoms with Crippen molar-refractivity contribution in [1.82, 2.24) is 0 Å². The Kier molecular flexibility index (Phi) is 6.52. The Morgan fingerprint density at radius 2 is 1.27 bits per heavy atom. The zero-order chi connectivity index (χ0) is 18.1. The average molecular weight is 344 g/mol. The molecule has 2 aromatic rings. The SMILES string of the molecule is CCCC[B-]1(c2ccc(-c3ccccc3)cc2)OC(C)(C)C(C)(C)O1.[Li+]. The normalized spacial score (nSPS) is 19.7. The Hall–Kier alpha value is -0.978. The minimum absolute atomic E-state index is 0. The molecule has 0 N–H and O–H groups in total. The Bertz CT molecular complexity index is 695. The van der Waals surface area contributed by atoms with Gasteiger partial charge < -0.3 is 9.31 Å². The van der Waals surface area contributed by atoms with E-state index in [9.17, 15) is 0 Å². The second kappa shape index (κ2) is 7.95. The third-order valence-electron chi connectivity index (χ3n) is 5.88. The standard InChI is InChI=1S/C22H30BO2.Li/c1-6-7-17-23(24-21(2,3)22(4,5)25-23)20-15-13-19(14-16-20)18-11-9-8-10-12-18;/h8-16H,6-7,17H2,1-5H3;/q-1;+1. The van der Waals surface area contributed by atoms with Gasteiger partial charge in [0.25, 0.3) is 6.55 Å². The van der Waals surface area contributed by atoms with Gasteiger partial charge in [-0.25, -0.2) is 0 Å². The molecule has 0 unspecified atom stereocenters. The van der Waals surface area contributed by atoms with Gasteiger partial charge in [-0.3, -0.25) is 0 Å². The van der Waals surface area contributed by atoms with Gasteiger partial charge in [0.2, 0.25) is 0 Å². The molecule has 0 radical (unpaired) electrons. The molecule has 1 aliphatic heterocycles. The van der Waals surface area contributed by atoms with Crippen LogP contribution in [-0.2, 0) is 9.31 Å². The van der Waals surface area contributed by atoms with E-state index in [4.69, 9.17) is 9.31 Å². The molecular weight excluding hydrogens is 314 g/mol. The van der Waals surface area contributed by atoms with E-state index in [-0.39, 0.29) is 30.1 Å². The first kappa shape index (κ1) is 21.3. The summed E-state index contributed by atoms with van der Waals surface area (Å²) in [6.07, 6.45) is 3.18. The first-order chi connectivity index (χ1) is 11.8. The molecule has 1 fully saturated rings. The van der Waals surface area contributed by atoms with Crippen LogP contribution in [0.25, 0.3) is 11.1 Å². The molecule has 2 nitrogen and oxygen atoms in total. The van der Waals surface area contributed by atoms with Crippen LogP contribution in [0.3, 0.4) is 0 Å². The van der Waals surface area contributed by atoms with Crippen molar-refractivity contribution in [2.75, 3.05) is 0 Å². The fourth-order valence-corrected chi connectivity index (χ4v) is 3.75. The van der Waals surface area contributed by atoms with Crippen molar-refractivity contribution in [2.24, 2.45) is 0 Å². The molecule has 0 amide bonds. The van der Waals surface area contributed by atoms with Crippen molar-refractivity contribution in [1.29, 1.82) is 0 Å². The maximum atomic E-state index is 6.63. The maximum absolute atomic E-state index is 6.63. The number of rotatable bonds is 5. The topological polar surface area (TPSA) is 18.5 Å². The summed E-state index contributed by atoms with van der Waals surface area (Å²) < 4.78 is 13.3. The molecule has 1 saturated heterocycles. The minimum atomic E-state index is -1.45. The molecule has 0 bridgehead atoms. The summed E-state index contributed by atoms with van der Waals surface area (Å²) in [6.45, 7) is 9.32. The summed E-state index contributed by atoms with van der Waals surface area (Å²) in [4.78, 5) is 0. The van der Waals surface area contributed by atoms with Gasteiger partial charge in [-0.15, -0.1) is 6.32 Å². The summed E-state index contributed by atoms with van der Waals surface area (Å²) in [6, 6.07) is 19.2. The molecule has 134 valence electrons. The summed E-state index contributed by atoms with van der Waals surface area (Å²) in [7, 11) is 0. The molecule has 3 rings (SSSR count). The molecule has 0 aliphatic carbocycles. The first-order valence-corrected chi connectivity index (χ1v) is 9.52. The van der Waals surface area contributed by atoms with E-state index in [0.29, 0.717) is 0 Å². The van der Waals surface area contributed by atoms with Crippen molar-refractivity contribution in [3.05, 3.63) is 54.6 Å². The minimum Gasteiger partial charge on any atom is -0.558 e. The molecule has 1 heterocycles. The summed E-state index contributed by atoms with van der Waals surface area (Å²) in [5, 5.41) is 0. The quantitative estimate of drug-likeness (QED) is 0.776. The van der Waals surface area contributed by atoms with Crippen LogP contribution in [0, 0.1) is 0 Å². The molecule has 26 heavy (non-hydrogen) atoms. The van der Waals surface area contributed by atoms with Crippen molar-refractivity contribution in [3.63, 3.8) is 0 Å².